The molecule has 0 unspecified atom stereocenters. The number of likely N-dealkylation sites (tertiary alicyclic amines) is 1. The molecule has 1 saturated heterocycles. The van der Waals surface area contributed by atoms with E-state index in [4.69, 9.17) is 0 Å². The molecule has 0 bridgehead atoms. The van der Waals surface area contributed by atoms with Gasteiger partial charge in [0.2, 0.25) is 0 Å². The average Bonchev–Trinajstić information content (AvgIpc) is 2.91. The van der Waals surface area contributed by atoms with E-state index in [1.165, 1.54) is 58.0 Å². The molecule has 1 aliphatic carbocycles. The van der Waals surface area contributed by atoms with Crippen LogP contribution in [0.25, 0.3) is 0 Å². The highest BCUT2D eigenvalue weighted by Crippen LogP contribution is 2.34. The van der Waals surface area contributed by atoms with E-state index in [1.807, 2.05) is 0 Å². The lowest BCUT2D eigenvalue weighted by Crippen LogP contribution is -2.41. The highest BCUT2D eigenvalue weighted by atomic mass is 16.1. The Hall–Kier alpha value is -0.410. The number of hydrogen-bond acceptors (Lipinski definition) is 3. The molecule has 0 radical (unpaired) electrons. The summed E-state index contributed by atoms with van der Waals surface area (Å²) in [7, 11) is 2.18. The molecule has 2 fully saturated rings. The minimum atomic E-state index is -0.0298. The summed E-state index contributed by atoms with van der Waals surface area (Å²) in [6, 6.07) is 0. The number of likely N-dealkylation sites (N-methyl/N-ethyl adjacent to an activating group) is 1. The number of rotatable bonds is 6. The second-order valence-electron chi connectivity index (χ2n) is 6.33. The Labute approximate surface area is 112 Å². The molecule has 1 heterocycles. The van der Waals surface area contributed by atoms with Crippen molar-refractivity contribution in [3.8, 4) is 0 Å². The van der Waals surface area contributed by atoms with E-state index in [2.05, 4.69) is 16.8 Å². The van der Waals surface area contributed by atoms with Crippen molar-refractivity contribution >= 4 is 6.29 Å². The molecule has 0 spiro atoms. The van der Waals surface area contributed by atoms with Gasteiger partial charge < -0.3 is 14.6 Å². The van der Waals surface area contributed by atoms with Gasteiger partial charge in [-0.3, -0.25) is 0 Å². The molecular weight excluding hydrogens is 224 g/mol. The first-order valence-electron chi connectivity index (χ1n) is 7.61. The fourth-order valence-electron chi connectivity index (χ4n) is 3.50. The van der Waals surface area contributed by atoms with Gasteiger partial charge in [0, 0.05) is 25.0 Å². The maximum absolute atomic E-state index is 11.4. The summed E-state index contributed by atoms with van der Waals surface area (Å²) in [6.45, 7) is 5.78. The van der Waals surface area contributed by atoms with Crippen molar-refractivity contribution in [2.75, 3.05) is 39.8 Å². The van der Waals surface area contributed by atoms with Crippen LogP contribution in [-0.2, 0) is 4.79 Å². The summed E-state index contributed by atoms with van der Waals surface area (Å²) < 4.78 is 0. The summed E-state index contributed by atoms with van der Waals surface area (Å²) in [5.41, 5.74) is -0.0298. The molecule has 1 aliphatic heterocycles. The molecule has 0 N–H and O–H groups in total. The summed E-state index contributed by atoms with van der Waals surface area (Å²) in [5, 5.41) is 0. The Balaban J connectivity index is 1.74. The first-order chi connectivity index (χ1) is 8.74. The molecule has 3 heteroatoms. The lowest BCUT2D eigenvalue weighted by molar-refractivity contribution is -0.119. The predicted molar refractivity (Wildman–Crippen MR) is 74.8 cm³/mol. The molecular formula is C15H28N2O. The van der Waals surface area contributed by atoms with Crippen molar-refractivity contribution in [2.45, 2.75) is 44.9 Å². The smallest absolute Gasteiger partial charge is 0.127 e. The minimum absolute atomic E-state index is 0.0298. The molecule has 1 saturated carbocycles. The van der Waals surface area contributed by atoms with Gasteiger partial charge in [-0.25, -0.2) is 0 Å². The molecule has 2 rings (SSSR count). The van der Waals surface area contributed by atoms with Gasteiger partial charge >= 0.3 is 0 Å². The number of hydrogen-bond donors (Lipinski definition) is 0. The van der Waals surface area contributed by atoms with Crippen molar-refractivity contribution in [1.29, 1.82) is 0 Å². The van der Waals surface area contributed by atoms with E-state index in [0.29, 0.717) is 0 Å². The third kappa shape index (κ3) is 3.79. The van der Waals surface area contributed by atoms with Crippen LogP contribution in [0.5, 0.6) is 0 Å². The topological polar surface area (TPSA) is 23.6 Å². The molecule has 0 aromatic carbocycles. The van der Waals surface area contributed by atoms with Crippen LogP contribution in [0.2, 0.25) is 0 Å². The molecule has 3 nitrogen and oxygen atoms in total. The van der Waals surface area contributed by atoms with Crippen LogP contribution in [0.4, 0.5) is 0 Å². The van der Waals surface area contributed by atoms with E-state index in [0.717, 1.165) is 25.9 Å². The molecule has 18 heavy (non-hydrogen) atoms. The van der Waals surface area contributed by atoms with Crippen molar-refractivity contribution < 1.29 is 4.79 Å². The highest BCUT2D eigenvalue weighted by Gasteiger charge is 2.32. The zero-order valence-corrected chi connectivity index (χ0v) is 11.9. The monoisotopic (exact) mass is 252 g/mol. The lowest BCUT2D eigenvalue weighted by atomic mass is 9.75. The van der Waals surface area contributed by atoms with Crippen molar-refractivity contribution in [2.24, 2.45) is 5.41 Å². The minimum Gasteiger partial charge on any atom is -0.304 e. The fraction of sp³-hybridized carbons (Fsp3) is 0.933. The number of aldehydes is 1. The SMILES string of the molecule is CN(CCN1CCCC1)CC1(C=O)CCCCC1. The van der Waals surface area contributed by atoms with Crippen molar-refractivity contribution in [3.63, 3.8) is 0 Å². The van der Waals surface area contributed by atoms with Gasteiger partial charge in [0.15, 0.2) is 0 Å². The van der Waals surface area contributed by atoms with Gasteiger partial charge in [-0.15, -0.1) is 0 Å². The van der Waals surface area contributed by atoms with Crippen molar-refractivity contribution in [1.82, 2.24) is 9.80 Å². The zero-order valence-electron chi connectivity index (χ0n) is 11.9. The Bertz CT molecular complexity index is 255. The molecule has 0 aromatic heterocycles. The second kappa shape index (κ2) is 6.67. The van der Waals surface area contributed by atoms with E-state index < -0.39 is 0 Å². The molecule has 104 valence electrons. The maximum Gasteiger partial charge on any atom is 0.127 e. The molecule has 0 atom stereocenters. The van der Waals surface area contributed by atoms with Gasteiger partial charge in [0.1, 0.15) is 6.29 Å². The number of carbonyl (C=O) groups is 1. The predicted octanol–water partition coefficient (Wildman–Crippen LogP) is 2.16. The number of carbonyl (C=O) groups excluding carboxylic acids is 1. The van der Waals surface area contributed by atoms with Gasteiger partial charge in [0.25, 0.3) is 0 Å². The Morgan fingerprint density at radius 2 is 1.78 bits per heavy atom. The fourth-order valence-corrected chi connectivity index (χ4v) is 3.50. The van der Waals surface area contributed by atoms with Crippen LogP contribution >= 0.6 is 0 Å². The van der Waals surface area contributed by atoms with Crippen LogP contribution < -0.4 is 0 Å². The van der Waals surface area contributed by atoms with E-state index in [-0.39, 0.29) is 5.41 Å². The first kappa shape index (κ1) is 14.0. The van der Waals surface area contributed by atoms with Crippen LogP contribution in [0, 0.1) is 5.41 Å². The van der Waals surface area contributed by atoms with Crippen molar-refractivity contribution in [3.05, 3.63) is 0 Å². The molecule has 0 amide bonds. The average molecular weight is 252 g/mol. The number of nitrogens with zero attached hydrogens (tertiary/aromatic N) is 2. The lowest BCUT2D eigenvalue weighted by Gasteiger charge is -2.36. The van der Waals surface area contributed by atoms with Gasteiger partial charge in [-0.1, -0.05) is 19.3 Å². The Morgan fingerprint density at radius 3 is 2.39 bits per heavy atom. The maximum atomic E-state index is 11.4. The summed E-state index contributed by atoms with van der Waals surface area (Å²) in [5.74, 6) is 0. The Morgan fingerprint density at radius 1 is 1.11 bits per heavy atom. The standard InChI is InChI=1S/C15H28N2O/c1-16(11-12-17-9-5-6-10-17)13-15(14-18)7-3-2-4-8-15/h14H,2-13H2,1H3. The zero-order chi connectivity index (χ0) is 12.8. The third-order valence-electron chi connectivity index (χ3n) is 4.68. The molecule has 0 aromatic rings. The van der Waals surface area contributed by atoms with Gasteiger partial charge in [0.05, 0.1) is 0 Å². The van der Waals surface area contributed by atoms with E-state index in [9.17, 15) is 4.79 Å². The van der Waals surface area contributed by atoms with Crippen LogP contribution in [0.1, 0.15) is 44.9 Å². The molecule has 2 aliphatic rings. The summed E-state index contributed by atoms with van der Waals surface area (Å²) >= 11 is 0. The van der Waals surface area contributed by atoms with Crippen LogP contribution in [0.3, 0.4) is 0 Å². The van der Waals surface area contributed by atoms with E-state index >= 15 is 0 Å². The summed E-state index contributed by atoms with van der Waals surface area (Å²) in [6.07, 6.45) is 9.96. The van der Waals surface area contributed by atoms with Crippen LogP contribution in [-0.4, -0.2) is 55.9 Å². The quantitative estimate of drug-likeness (QED) is 0.677. The van der Waals surface area contributed by atoms with Crippen LogP contribution in [0.15, 0.2) is 0 Å². The van der Waals surface area contributed by atoms with Gasteiger partial charge in [-0.05, 0) is 45.8 Å². The normalized spacial score (nSPS) is 24.6. The van der Waals surface area contributed by atoms with Gasteiger partial charge in [-0.2, -0.15) is 0 Å². The highest BCUT2D eigenvalue weighted by molar-refractivity contribution is 5.60. The Kier molecular flexibility index (Phi) is 5.19. The second-order valence-corrected chi connectivity index (χ2v) is 6.33. The largest absolute Gasteiger partial charge is 0.304 e. The summed E-state index contributed by atoms with van der Waals surface area (Å²) in [4.78, 5) is 16.4. The van der Waals surface area contributed by atoms with E-state index in [1.54, 1.807) is 0 Å². The third-order valence-corrected chi connectivity index (χ3v) is 4.68. The first-order valence-corrected chi connectivity index (χ1v) is 7.61.